The summed E-state index contributed by atoms with van der Waals surface area (Å²) in [7, 11) is 1.65. The molecule has 0 aliphatic rings. The highest BCUT2D eigenvalue weighted by molar-refractivity contribution is 6.30. The van der Waals surface area contributed by atoms with Gasteiger partial charge in [0.2, 0.25) is 0 Å². The second-order valence-corrected chi connectivity index (χ2v) is 3.54. The van der Waals surface area contributed by atoms with E-state index in [2.05, 4.69) is 0 Å². The summed E-state index contributed by atoms with van der Waals surface area (Å²) in [5.74, 6) is 0.843. The zero-order valence-corrected chi connectivity index (χ0v) is 9.59. The Morgan fingerprint density at radius 1 is 1.33 bits per heavy atom. The molecule has 84 valence electrons. The topological polar surface area (TPSA) is 44.5 Å². The molecule has 0 atom stereocenters. The molecule has 4 heteroatoms. The minimum absolute atomic E-state index is 0.548. The zero-order chi connectivity index (χ0) is 11.1. The van der Waals surface area contributed by atoms with Crippen molar-refractivity contribution in [2.75, 3.05) is 26.9 Å². The summed E-state index contributed by atoms with van der Waals surface area (Å²) >= 11 is 5.90. The van der Waals surface area contributed by atoms with Crippen LogP contribution in [0, 0.1) is 0 Å². The molecule has 0 aromatic heterocycles. The summed E-state index contributed by atoms with van der Waals surface area (Å²) in [4.78, 5) is 0. The number of halogens is 1. The molecular weight excluding hydrogens is 214 g/mol. The third kappa shape index (κ3) is 4.08. The molecule has 0 spiro atoms. The lowest BCUT2D eigenvalue weighted by molar-refractivity contribution is 0.144. The van der Waals surface area contributed by atoms with Crippen LogP contribution in [-0.2, 0) is 11.2 Å². The lowest BCUT2D eigenvalue weighted by Crippen LogP contribution is -2.10. The molecule has 0 aliphatic carbocycles. The normalized spacial score (nSPS) is 10.3. The molecule has 0 aliphatic heterocycles. The molecule has 1 aromatic rings. The standard InChI is InChI=1S/C11H16ClNO2/c1-14-11-3-2-10(12)8-9(11)4-6-15-7-5-13/h2-3,8H,4-7,13H2,1H3. The van der Waals surface area contributed by atoms with E-state index in [1.807, 2.05) is 18.2 Å². The number of nitrogens with two attached hydrogens (primary N) is 1. The number of benzene rings is 1. The van der Waals surface area contributed by atoms with Gasteiger partial charge in [0.05, 0.1) is 20.3 Å². The first-order chi connectivity index (χ1) is 7.27. The van der Waals surface area contributed by atoms with Crippen LogP contribution in [-0.4, -0.2) is 26.9 Å². The fraction of sp³-hybridized carbons (Fsp3) is 0.455. The van der Waals surface area contributed by atoms with Gasteiger partial charge < -0.3 is 15.2 Å². The van der Waals surface area contributed by atoms with Crippen molar-refractivity contribution in [3.63, 3.8) is 0 Å². The number of hydrogen-bond acceptors (Lipinski definition) is 3. The van der Waals surface area contributed by atoms with E-state index >= 15 is 0 Å². The van der Waals surface area contributed by atoms with Gasteiger partial charge in [-0.3, -0.25) is 0 Å². The lowest BCUT2D eigenvalue weighted by atomic mass is 10.1. The second-order valence-electron chi connectivity index (χ2n) is 3.11. The quantitative estimate of drug-likeness (QED) is 0.758. The van der Waals surface area contributed by atoms with Crippen molar-refractivity contribution in [2.45, 2.75) is 6.42 Å². The van der Waals surface area contributed by atoms with Gasteiger partial charge >= 0.3 is 0 Å². The van der Waals surface area contributed by atoms with E-state index < -0.39 is 0 Å². The zero-order valence-electron chi connectivity index (χ0n) is 8.83. The highest BCUT2D eigenvalue weighted by atomic mass is 35.5. The molecule has 0 radical (unpaired) electrons. The molecule has 3 nitrogen and oxygen atoms in total. The second kappa shape index (κ2) is 6.67. The maximum atomic E-state index is 5.90. The van der Waals surface area contributed by atoms with Gasteiger partial charge in [-0.15, -0.1) is 0 Å². The van der Waals surface area contributed by atoms with Crippen LogP contribution >= 0.6 is 11.6 Å². The average molecular weight is 230 g/mol. The van der Waals surface area contributed by atoms with E-state index in [9.17, 15) is 0 Å². The summed E-state index contributed by atoms with van der Waals surface area (Å²) in [6.45, 7) is 1.77. The van der Waals surface area contributed by atoms with Gasteiger partial charge in [-0.25, -0.2) is 0 Å². The molecule has 15 heavy (non-hydrogen) atoms. The number of ether oxygens (including phenoxy) is 2. The van der Waals surface area contributed by atoms with E-state index in [1.165, 1.54) is 0 Å². The first-order valence-corrected chi connectivity index (χ1v) is 5.26. The maximum absolute atomic E-state index is 5.90. The van der Waals surface area contributed by atoms with Gasteiger partial charge in [-0.05, 0) is 30.2 Å². The van der Waals surface area contributed by atoms with Crippen LogP contribution < -0.4 is 10.5 Å². The Hall–Kier alpha value is -0.770. The molecule has 0 amide bonds. The van der Waals surface area contributed by atoms with Gasteiger partial charge in [0.25, 0.3) is 0 Å². The molecule has 0 unspecified atom stereocenters. The molecule has 0 heterocycles. The average Bonchev–Trinajstić information content (AvgIpc) is 2.25. The Bertz CT molecular complexity index is 305. The van der Waals surface area contributed by atoms with Crippen molar-refractivity contribution < 1.29 is 9.47 Å². The van der Waals surface area contributed by atoms with Crippen LogP contribution in [0.2, 0.25) is 5.02 Å². The summed E-state index contributed by atoms with van der Waals surface area (Å²) in [5, 5.41) is 0.713. The van der Waals surface area contributed by atoms with E-state index in [0.717, 1.165) is 17.7 Å². The van der Waals surface area contributed by atoms with Gasteiger partial charge in [-0.1, -0.05) is 11.6 Å². The number of hydrogen-bond donors (Lipinski definition) is 1. The minimum atomic E-state index is 0.548. The van der Waals surface area contributed by atoms with E-state index in [4.69, 9.17) is 26.8 Å². The third-order valence-electron chi connectivity index (χ3n) is 2.02. The fourth-order valence-corrected chi connectivity index (χ4v) is 1.50. The molecule has 1 rings (SSSR count). The van der Waals surface area contributed by atoms with Crippen LogP contribution in [0.25, 0.3) is 0 Å². The first-order valence-electron chi connectivity index (χ1n) is 4.88. The molecule has 1 aromatic carbocycles. The molecular formula is C11H16ClNO2. The van der Waals surface area contributed by atoms with Crippen molar-refractivity contribution in [1.82, 2.24) is 0 Å². The van der Waals surface area contributed by atoms with Crippen molar-refractivity contribution >= 4 is 11.6 Å². The minimum Gasteiger partial charge on any atom is -0.496 e. The fourth-order valence-electron chi connectivity index (χ4n) is 1.31. The smallest absolute Gasteiger partial charge is 0.122 e. The van der Waals surface area contributed by atoms with Crippen LogP contribution in [0.1, 0.15) is 5.56 Å². The molecule has 0 bridgehead atoms. The summed E-state index contributed by atoms with van der Waals surface area (Å²) < 4.78 is 10.5. The number of methoxy groups -OCH3 is 1. The molecule has 0 saturated heterocycles. The predicted molar refractivity (Wildman–Crippen MR) is 61.6 cm³/mol. The Labute approximate surface area is 95.1 Å². The van der Waals surface area contributed by atoms with Gasteiger partial charge in [0.1, 0.15) is 5.75 Å². The summed E-state index contributed by atoms with van der Waals surface area (Å²) in [5.41, 5.74) is 6.37. The Morgan fingerprint density at radius 3 is 2.80 bits per heavy atom. The van der Waals surface area contributed by atoms with E-state index in [-0.39, 0.29) is 0 Å². The largest absolute Gasteiger partial charge is 0.496 e. The van der Waals surface area contributed by atoms with Gasteiger partial charge in [0.15, 0.2) is 0 Å². The van der Waals surface area contributed by atoms with Gasteiger partial charge in [0, 0.05) is 11.6 Å². The summed E-state index contributed by atoms with van der Waals surface area (Å²) in [6, 6.07) is 5.57. The highest BCUT2D eigenvalue weighted by Gasteiger charge is 2.03. The van der Waals surface area contributed by atoms with Crippen molar-refractivity contribution in [2.24, 2.45) is 5.73 Å². The number of rotatable bonds is 6. The lowest BCUT2D eigenvalue weighted by Gasteiger charge is -2.08. The Kier molecular flexibility index (Phi) is 5.47. The van der Waals surface area contributed by atoms with Crippen LogP contribution in [0.3, 0.4) is 0 Å². The van der Waals surface area contributed by atoms with Crippen molar-refractivity contribution in [3.05, 3.63) is 28.8 Å². The van der Waals surface area contributed by atoms with Crippen molar-refractivity contribution in [3.8, 4) is 5.75 Å². The van der Waals surface area contributed by atoms with E-state index in [0.29, 0.717) is 24.8 Å². The van der Waals surface area contributed by atoms with Crippen molar-refractivity contribution in [1.29, 1.82) is 0 Å². The van der Waals surface area contributed by atoms with Gasteiger partial charge in [-0.2, -0.15) is 0 Å². The molecule has 0 saturated carbocycles. The first kappa shape index (κ1) is 12.3. The van der Waals surface area contributed by atoms with Crippen LogP contribution in [0.5, 0.6) is 5.75 Å². The third-order valence-corrected chi connectivity index (χ3v) is 2.26. The molecule has 2 N–H and O–H groups in total. The molecule has 0 fully saturated rings. The predicted octanol–water partition coefficient (Wildman–Crippen LogP) is 1.87. The SMILES string of the molecule is COc1ccc(Cl)cc1CCOCCN. The maximum Gasteiger partial charge on any atom is 0.122 e. The van der Waals surface area contributed by atoms with E-state index in [1.54, 1.807) is 7.11 Å². The van der Waals surface area contributed by atoms with Crippen LogP contribution in [0.4, 0.5) is 0 Å². The Balaban J connectivity index is 2.54. The Morgan fingerprint density at radius 2 is 2.13 bits per heavy atom. The highest BCUT2D eigenvalue weighted by Crippen LogP contribution is 2.22. The summed E-state index contributed by atoms with van der Waals surface area (Å²) in [6.07, 6.45) is 0.781. The van der Waals surface area contributed by atoms with Crippen LogP contribution in [0.15, 0.2) is 18.2 Å². The monoisotopic (exact) mass is 229 g/mol.